The summed E-state index contributed by atoms with van der Waals surface area (Å²) in [5.41, 5.74) is 0.475. The fourth-order valence-corrected chi connectivity index (χ4v) is 1.71. The molecule has 0 N–H and O–H groups in total. The van der Waals surface area contributed by atoms with Gasteiger partial charge in [-0.3, -0.25) is 9.59 Å². The maximum Gasteiger partial charge on any atom is 0.302 e. The van der Waals surface area contributed by atoms with E-state index in [0.29, 0.717) is 5.69 Å². The molecular formula is C11H8ClNO3. The van der Waals surface area contributed by atoms with Gasteiger partial charge in [0.15, 0.2) is 5.03 Å². The lowest BCUT2D eigenvalue weighted by atomic mass is 10.3. The maximum absolute atomic E-state index is 11.8. The number of carbonyl (C=O) groups excluding carboxylic acids is 2. The number of benzene rings is 1. The normalized spacial score (nSPS) is 16.0. The molecule has 0 aliphatic carbocycles. The Labute approximate surface area is 97.1 Å². The van der Waals surface area contributed by atoms with Gasteiger partial charge in [0.25, 0.3) is 5.91 Å². The summed E-state index contributed by atoms with van der Waals surface area (Å²) in [6.07, 6.45) is 0. The number of anilines is 1. The number of para-hydroxylation sites is 1. The highest BCUT2D eigenvalue weighted by Gasteiger charge is 2.39. The molecule has 1 aliphatic heterocycles. The van der Waals surface area contributed by atoms with Gasteiger partial charge in [0.2, 0.25) is 5.76 Å². The summed E-state index contributed by atoms with van der Waals surface area (Å²) in [6.45, 7) is 0. The van der Waals surface area contributed by atoms with Gasteiger partial charge in [-0.25, -0.2) is 4.90 Å². The van der Waals surface area contributed by atoms with Crippen LogP contribution < -0.4 is 4.90 Å². The van der Waals surface area contributed by atoms with Crippen LogP contribution in [0.3, 0.4) is 0 Å². The molecule has 0 spiro atoms. The zero-order valence-corrected chi connectivity index (χ0v) is 9.19. The van der Waals surface area contributed by atoms with E-state index < -0.39 is 11.8 Å². The second-order valence-electron chi connectivity index (χ2n) is 3.13. The molecule has 0 radical (unpaired) electrons. The number of hydrogen-bond acceptors (Lipinski definition) is 3. The Hall–Kier alpha value is -1.81. The number of halogens is 1. The van der Waals surface area contributed by atoms with Crippen molar-refractivity contribution in [3.63, 3.8) is 0 Å². The summed E-state index contributed by atoms with van der Waals surface area (Å²) in [4.78, 5) is 24.5. The maximum atomic E-state index is 11.8. The first-order chi connectivity index (χ1) is 7.66. The molecule has 1 aliphatic rings. The first kappa shape index (κ1) is 10.7. The minimum atomic E-state index is -0.560. The van der Waals surface area contributed by atoms with Gasteiger partial charge < -0.3 is 4.74 Å². The fourth-order valence-electron chi connectivity index (χ4n) is 1.47. The van der Waals surface area contributed by atoms with Gasteiger partial charge in [0, 0.05) is 0 Å². The Balaban J connectivity index is 2.42. The molecule has 1 heterocycles. The van der Waals surface area contributed by atoms with Crippen molar-refractivity contribution in [3.8, 4) is 0 Å². The van der Waals surface area contributed by atoms with Crippen molar-refractivity contribution in [1.29, 1.82) is 0 Å². The molecule has 4 nitrogen and oxygen atoms in total. The van der Waals surface area contributed by atoms with Crippen LogP contribution in [-0.4, -0.2) is 18.9 Å². The minimum Gasteiger partial charge on any atom is -0.490 e. The molecule has 0 saturated heterocycles. The Morgan fingerprint density at radius 2 is 1.75 bits per heavy atom. The third-order valence-electron chi connectivity index (χ3n) is 2.21. The van der Waals surface area contributed by atoms with E-state index in [-0.39, 0.29) is 10.8 Å². The molecule has 0 atom stereocenters. The molecule has 0 unspecified atom stereocenters. The molecule has 2 rings (SSSR count). The highest BCUT2D eigenvalue weighted by molar-refractivity contribution is 6.52. The average molecular weight is 238 g/mol. The number of methoxy groups -OCH3 is 1. The quantitative estimate of drug-likeness (QED) is 0.735. The van der Waals surface area contributed by atoms with Crippen molar-refractivity contribution in [2.45, 2.75) is 0 Å². The topological polar surface area (TPSA) is 46.6 Å². The molecule has 16 heavy (non-hydrogen) atoms. The van der Waals surface area contributed by atoms with Crippen molar-refractivity contribution in [2.24, 2.45) is 0 Å². The highest BCUT2D eigenvalue weighted by atomic mass is 35.5. The monoisotopic (exact) mass is 237 g/mol. The van der Waals surface area contributed by atoms with Gasteiger partial charge in [0.05, 0.1) is 12.8 Å². The van der Waals surface area contributed by atoms with Gasteiger partial charge in [-0.1, -0.05) is 29.8 Å². The highest BCUT2D eigenvalue weighted by Crippen LogP contribution is 2.28. The lowest BCUT2D eigenvalue weighted by Crippen LogP contribution is -2.31. The molecule has 1 aromatic carbocycles. The van der Waals surface area contributed by atoms with Crippen molar-refractivity contribution in [1.82, 2.24) is 0 Å². The summed E-state index contributed by atoms with van der Waals surface area (Å²) in [5.74, 6) is -1.21. The largest absolute Gasteiger partial charge is 0.490 e. The van der Waals surface area contributed by atoms with Gasteiger partial charge >= 0.3 is 5.91 Å². The molecule has 0 saturated carbocycles. The first-order valence-corrected chi connectivity index (χ1v) is 4.92. The van der Waals surface area contributed by atoms with Gasteiger partial charge in [0.1, 0.15) is 0 Å². The smallest absolute Gasteiger partial charge is 0.302 e. The number of amides is 2. The summed E-state index contributed by atoms with van der Waals surface area (Å²) in [5, 5.41) is -0.184. The Morgan fingerprint density at radius 1 is 1.12 bits per heavy atom. The van der Waals surface area contributed by atoms with E-state index in [1.54, 1.807) is 30.3 Å². The molecule has 2 amide bonds. The van der Waals surface area contributed by atoms with E-state index in [4.69, 9.17) is 16.3 Å². The second kappa shape index (κ2) is 3.98. The van der Waals surface area contributed by atoms with Crippen LogP contribution in [0, 0.1) is 0 Å². The van der Waals surface area contributed by atoms with E-state index >= 15 is 0 Å². The van der Waals surface area contributed by atoms with Crippen LogP contribution >= 0.6 is 11.6 Å². The fraction of sp³-hybridized carbons (Fsp3) is 0.0909. The van der Waals surface area contributed by atoms with Crippen LogP contribution in [-0.2, 0) is 14.3 Å². The number of nitrogens with zero attached hydrogens (tertiary/aromatic N) is 1. The molecule has 82 valence electrons. The SMILES string of the molecule is COC1=C(Cl)C(=O)N(c2ccccc2)C1=O. The van der Waals surface area contributed by atoms with Gasteiger partial charge in [-0.2, -0.15) is 0 Å². The van der Waals surface area contributed by atoms with Crippen LogP contribution in [0.1, 0.15) is 0 Å². The molecular weight excluding hydrogens is 230 g/mol. The van der Waals surface area contributed by atoms with E-state index in [9.17, 15) is 9.59 Å². The van der Waals surface area contributed by atoms with Crippen molar-refractivity contribution < 1.29 is 14.3 Å². The number of imide groups is 1. The number of carbonyl (C=O) groups is 2. The van der Waals surface area contributed by atoms with Crippen LogP contribution in [0.5, 0.6) is 0 Å². The van der Waals surface area contributed by atoms with Crippen LogP contribution in [0.15, 0.2) is 41.1 Å². The Kier molecular flexibility index (Phi) is 2.66. The predicted octanol–water partition coefficient (Wildman–Crippen LogP) is 1.66. The van der Waals surface area contributed by atoms with E-state index in [2.05, 4.69) is 0 Å². The zero-order chi connectivity index (χ0) is 11.7. The number of hydrogen-bond donors (Lipinski definition) is 0. The Morgan fingerprint density at radius 3 is 2.25 bits per heavy atom. The van der Waals surface area contributed by atoms with Gasteiger partial charge in [-0.05, 0) is 12.1 Å². The summed E-state index contributed by atoms with van der Waals surface area (Å²) < 4.78 is 4.79. The second-order valence-corrected chi connectivity index (χ2v) is 3.51. The minimum absolute atomic E-state index is 0.115. The van der Waals surface area contributed by atoms with Crippen molar-refractivity contribution in [3.05, 3.63) is 41.1 Å². The van der Waals surface area contributed by atoms with E-state index in [1.807, 2.05) is 0 Å². The summed E-state index contributed by atoms with van der Waals surface area (Å²) in [7, 11) is 1.30. The third kappa shape index (κ3) is 1.47. The molecule has 0 fully saturated rings. The standard InChI is InChI=1S/C11H8ClNO3/c1-16-9-8(12)10(14)13(11(9)15)7-5-3-2-4-6-7/h2-6H,1H3. The van der Waals surface area contributed by atoms with E-state index in [0.717, 1.165) is 4.90 Å². The molecule has 0 bridgehead atoms. The molecule has 1 aromatic rings. The van der Waals surface area contributed by atoms with E-state index in [1.165, 1.54) is 7.11 Å². The lowest BCUT2D eigenvalue weighted by molar-refractivity contribution is -0.121. The average Bonchev–Trinajstić information content (AvgIpc) is 2.51. The van der Waals surface area contributed by atoms with Crippen molar-refractivity contribution >= 4 is 29.1 Å². The Bertz CT molecular complexity index is 481. The summed E-state index contributed by atoms with van der Waals surface area (Å²) in [6, 6.07) is 8.56. The van der Waals surface area contributed by atoms with Crippen LogP contribution in [0.25, 0.3) is 0 Å². The van der Waals surface area contributed by atoms with Crippen molar-refractivity contribution in [2.75, 3.05) is 12.0 Å². The van der Waals surface area contributed by atoms with Crippen LogP contribution in [0.2, 0.25) is 0 Å². The summed E-state index contributed by atoms with van der Waals surface area (Å²) >= 11 is 5.71. The van der Waals surface area contributed by atoms with Gasteiger partial charge in [-0.15, -0.1) is 0 Å². The predicted molar refractivity (Wildman–Crippen MR) is 58.8 cm³/mol. The number of rotatable bonds is 2. The number of ether oxygens (including phenoxy) is 1. The molecule has 5 heteroatoms. The zero-order valence-electron chi connectivity index (χ0n) is 8.44. The van der Waals surface area contributed by atoms with Crippen LogP contribution in [0.4, 0.5) is 5.69 Å². The lowest BCUT2D eigenvalue weighted by Gasteiger charge is -2.13. The third-order valence-corrected chi connectivity index (χ3v) is 2.54. The first-order valence-electron chi connectivity index (χ1n) is 4.54. The molecule has 0 aromatic heterocycles.